The van der Waals surface area contributed by atoms with Gasteiger partial charge in [0.1, 0.15) is 10.6 Å². The minimum Gasteiger partial charge on any atom is -0.456 e. The number of rotatable bonds is 5. The summed E-state index contributed by atoms with van der Waals surface area (Å²) in [6.45, 7) is 9.98. The lowest BCUT2D eigenvalue weighted by atomic mass is 9.95. The van der Waals surface area contributed by atoms with Crippen molar-refractivity contribution in [3.8, 4) is 10.4 Å². The third-order valence-corrected chi connectivity index (χ3v) is 9.37. The minimum absolute atomic E-state index is 0.298. The van der Waals surface area contributed by atoms with Gasteiger partial charge in [-0.15, -0.1) is 22.7 Å². The molecule has 6 nitrogen and oxygen atoms in total. The highest BCUT2D eigenvalue weighted by molar-refractivity contribution is 7.17. The molecular weight excluding hydrogens is 502 g/mol. The fourth-order valence-corrected chi connectivity index (χ4v) is 7.85. The first-order chi connectivity index (χ1) is 17.7. The van der Waals surface area contributed by atoms with Gasteiger partial charge in [-0.05, 0) is 94.2 Å². The predicted molar refractivity (Wildman–Crippen MR) is 152 cm³/mol. The van der Waals surface area contributed by atoms with Gasteiger partial charge in [-0.2, -0.15) is 0 Å². The molecule has 8 heteroatoms. The molecule has 0 spiro atoms. The molecule has 196 valence electrons. The second kappa shape index (κ2) is 10.6. The van der Waals surface area contributed by atoms with Gasteiger partial charge in [-0.3, -0.25) is 5.32 Å². The van der Waals surface area contributed by atoms with Crippen LogP contribution in [-0.4, -0.2) is 24.1 Å². The molecule has 0 bridgehead atoms. The summed E-state index contributed by atoms with van der Waals surface area (Å²) in [5.41, 5.74) is 5.97. The molecule has 0 fully saturated rings. The van der Waals surface area contributed by atoms with E-state index in [1.54, 1.807) is 0 Å². The lowest BCUT2D eigenvalue weighted by molar-refractivity contribution is 0.00699. The topological polar surface area (TPSA) is 79.5 Å². The Balaban J connectivity index is 1.39. The van der Waals surface area contributed by atoms with Gasteiger partial charge in [-0.1, -0.05) is 24.3 Å². The van der Waals surface area contributed by atoms with Crippen molar-refractivity contribution < 1.29 is 14.3 Å². The van der Waals surface area contributed by atoms with Crippen LogP contribution in [0, 0.1) is 6.92 Å². The highest BCUT2D eigenvalue weighted by atomic mass is 32.1. The number of nitrogens with one attached hydrogen (secondary N) is 3. The number of thiophene rings is 2. The predicted octanol–water partition coefficient (Wildman–Crippen LogP) is 6.59. The number of ether oxygens (including phenoxy) is 1. The molecule has 0 radical (unpaired) electrons. The maximum absolute atomic E-state index is 13.2. The number of fused-ring (bicyclic) bond motifs is 2. The average Bonchev–Trinajstić information content (AvgIpc) is 3.39. The standard InChI is InChI=1S/C29H35N3O3S2/c1-17-9-5-6-10-18(17)25-21(19-13-14-30-16-23(19)36-25)15-31-28(34)32-26-24(27(33)35-29(2,3)4)20-11-7-8-12-22(20)37-26/h5-6,9-10,30H,7-8,11-16H2,1-4H3,(H2,31,32,34). The third kappa shape index (κ3) is 5.61. The van der Waals surface area contributed by atoms with Crippen LogP contribution in [0.3, 0.4) is 0 Å². The zero-order chi connectivity index (χ0) is 26.2. The molecule has 37 heavy (non-hydrogen) atoms. The molecule has 2 amide bonds. The van der Waals surface area contributed by atoms with Gasteiger partial charge in [0.2, 0.25) is 0 Å². The number of aryl methyl sites for hydroxylation is 2. The van der Waals surface area contributed by atoms with Gasteiger partial charge in [0.05, 0.1) is 5.56 Å². The van der Waals surface area contributed by atoms with E-state index in [0.29, 0.717) is 17.1 Å². The maximum atomic E-state index is 13.2. The summed E-state index contributed by atoms with van der Waals surface area (Å²) in [5.74, 6) is -0.358. The smallest absolute Gasteiger partial charge is 0.341 e. The van der Waals surface area contributed by atoms with Crippen molar-refractivity contribution in [3.63, 3.8) is 0 Å². The van der Waals surface area contributed by atoms with Gasteiger partial charge in [0.15, 0.2) is 0 Å². The molecule has 0 unspecified atom stereocenters. The van der Waals surface area contributed by atoms with E-state index < -0.39 is 5.60 Å². The molecule has 0 saturated heterocycles. The van der Waals surface area contributed by atoms with E-state index in [1.165, 1.54) is 48.2 Å². The Morgan fingerprint density at radius 1 is 1.03 bits per heavy atom. The summed E-state index contributed by atoms with van der Waals surface area (Å²) < 4.78 is 5.72. The zero-order valence-corrected chi connectivity index (χ0v) is 23.6. The van der Waals surface area contributed by atoms with Crippen LogP contribution in [0.5, 0.6) is 0 Å². The molecule has 1 aromatic carbocycles. The highest BCUT2D eigenvalue weighted by Crippen LogP contribution is 2.41. The molecular formula is C29H35N3O3S2. The van der Waals surface area contributed by atoms with Gasteiger partial charge >= 0.3 is 12.0 Å². The number of carbonyl (C=O) groups excluding carboxylic acids is 2. The Morgan fingerprint density at radius 2 is 1.81 bits per heavy atom. The lowest BCUT2D eigenvalue weighted by Crippen LogP contribution is -2.30. The van der Waals surface area contributed by atoms with Crippen LogP contribution in [0.4, 0.5) is 9.80 Å². The van der Waals surface area contributed by atoms with Crippen LogP contribution < -0.4 is 16.0 Å². The number of anilines is 1. The fourth-order valence-electron chi connectivity index (χ4n) is 5.15. The van der Waals surface area contributed by atoms with Crippen LogP contribution in [0.15, 0.2) is 24.3 Å². The van der Waals surface area contributed by atoms with E-state index in [0.717, 1.165) is 50.8 Å². The Bertz CT molecular complexity index is 1330. The Morgan fingerprint density at radius 3 is 2.59 bits per heavy atom. The number of urea groups is 1. The van der Waals surface area contributed by atoms with Crippen LogP contribution in [0.25, 0.3) is 10.4 Å². The van der Waals surface area contributed by atoms with Crippen molar-refractivity contribution in [2.45, 2.75) is 78.5 Å². The Kier molecular flexibility index (Phi) is 7.43. The van der Waals surface area contributed by atoms with Gasteiger partial charge in [-0.25, -0.2) is 9.59 Å². The average molecular weight is 538 g/mol. The second-order valence-corrected chi connectivity index (χ2v) is 13.0. The molecule has 2 aromatic heterocycles. The minimum atomic E-state index is -0.598. The lowest BCUT2D eigenvalue weighted by Gasteiger charge is -2.21. The van der Waals surface area contributed by atoms with Crippen molar-refractivity contribution in [2.75, 3.05) is 11.9 Å². The molecule has 5 rings (SSSR count). The van der Waals surface area contributed by atoms with Crippen molar-refractivity contribution in [1.29, 1.82) is 0 Å². The molecule has 3 N–H and O–H groups in total. The number of amides is 2. The first-order valence-corrected chi connectivity index (χ1v) is 14.7. The number of benzene rings is 1. The molecule has 3 heterocycles. The van der Waals surface area contributed by atoms with Gasteiger partial charge < -0.3 is 15.4 Å². The van der Waals surface area contributed by atoms with Crippen molar-refractivity contribution in [3.05, 3.63) is 61.8 Å². The van der Waals surface area contributed by atoms with E-state index in [-0.39, 0.29) is 12.0 Å². The zero-order valence-electron chi connectivity index (χ0n) is 22.0. The number of carbonyl (C=O) groups is 2. The van der Waals surface area contributed by atoms with Crippen molar-refractivity contribution in [2.24, 2.45) is 0 Å². The summed E-state index contributed by atoms with van der Waals surface area (Å²) in [7, 11) is 0. The number of hydrogen-bond acceptors (Lipinski definition) is 6. The van der Waals surface area contributed by atoms with E-state index in [9.17, 15) is 9.59 Å². The Hall–Kier alpha value is -2.68. The first kappa shape index (κ1) is 25.9. The number of hydrogen-bond donors (Lipinski definition) is 3. The second-order valence-electron chi connectivity index (χ2n) is 10.8. The monoisotopic (exact) mass is 537 g/mol. The largest absolute Gasteiger partial charge is 0.456 e. The quantitative estimate of drug-likeness (QED) is 0.321. The molecule has 1 aliphatic carbocycles. The van der Waals surface area contributed by atoms with Crippen LogP contribution >= 0.6 is 22.7 Å². The molecule has 1 aliphatic heterocycles. The third-order valence-electron chi connectivity index (χ3n) is 6.85. The summed E-state index contributed by atoms with van der Waals surface area (Å²) in [4.78, 5) is 30.1. The fraction of sp³-hybridized carbons (Fsp3) is 0.448. The molecule has 3 aromatic rings. The summed E-state index contributed by atoms with van der Waals surface area (Å²) in [6.07, 6.45) is 4.89. The highest BCUT2D eigenvalue weighted by Gasteiger charge is 2.30. The van der Waals surface area contributed by atoms with E-state index in [2.05, 4.69) is 47.1 Å². The first-order valence-electron chi connectivity index (χ1n) is 13.0. The van der Waals surface area contributed by atoms with Crippen molar-refractivity contribution in [1.82, 2.24) is 10.6 Å². The summed E-state index contributed by atoms with van der Waals surface area (Å²) in [5, 5.41) is 10.2. The molecule has 0 saturated carbocycles. The number of esters is 1. The van der Waals surface area contributed by atoms with Gasteiger partial charge in [0, 0.05) is 27.7 Å². The van der Waals surface area contributed by atoms with E-state index >= 15 is 0 Å². The van der Waals surface area contributed by atoms with E-state index in [1.807, 2.05) is 32.1 Å². The molecule has 0 atom stereocenters. The normalized spacial score (nSPS) is 15.0. The molecule has 2 aliphatic rings. The van der Waals surface area contributed by atoms with Crippen LogP contribution in [0.1, 0.15) is 76.0 Å². The summed E-state index contributed by atoms with van der Waals surface area (Å²) in [6, 6.07) is 8.12. The SMILES string of the molecule is Cc1ccccc1-c1sc2c(c1CNC(=O)Nc1sc3c(c1C(=O)OC(C)(C)C)CCCC3)CCNC2. The van der Waals surface area contributed by atoms with E-state index in [4.69, 9.17) is 4.74 Å². The maximum Gasteiger partial charge on any atom is 0.341 e. The summed E-state index contributed by atoms with van der Waals surface area (Å²) >= 11 is 3.34. The Labute approximate surface area is 226 Å². The van der Waals surface area contributed by atoms with Crippen LogP contribution in [0.2, 0.25) is 0 Å². The van der Waals surface area contributed by atoms with Gasteiger partial charge in [0.25, 0.3) is 0 Å². The van der Waals surface area contributed by atoms with Crippen molar-refractivity contribution >= 4 is 39.7 Å². The van der Waals surface area contributed by atoms with Crippen LogP contribution in [-0.2, 0) is 37.1 Å².